The van der Waals surface area contributed by atoms with E-state index in [9.17, 15) is 13.0 Å². The maximum absolute atomic E-state index is 10.2. The van der Waals surface area contributed by atoms with Gasteiger partial charge in [0.05, 0.1) is 10.1 Å². The molecule has 6 heteroatoms. The van der Waals surface area contributed by atoms with Crippen LogP contribution in [0.2, 0.25) is 0 Å². The second-order valence-corrected chi connectivity index (χ2v) is 3.75. The van der Waals surface area contributed by atoms with Gasteiger partial charge in [-0.05, 0) is 12.3 Å². The maximum atomic E-state index is 10.2. The first-order valence-corrected chi connectivity index (χ1v) is 4.72. The van der Waals surface area contributed by atoms with Gasteiger partial charge in [0.1, 0.15) is 0 Å². The molecule has 0 saturated heterocycles. The second-order valence-electron chi connectivity index (χ2n) is 2.30. The van der Waals surface area contributed by atoms with Crippen molar-refractivity contribution < 1.29 is 47.6 Å². The average Bonchev–Trinajstić information content (AvgIpc) is 1.84. The van der Waals surface area contributed by atoms with E-state index in [1.54, 1.807) is 0 Å². The Morgan fingerprint density at radius 1 is 1.58 bits per heavy atom. The van der Waals surface area contributed by atoms with E-state index in [2.05, 4.69) is 6.58 Å². The number of rotatable bonds is 5. The molecule has 0 aliphatic carbocycles. The molecule has 0 heterocycles. The van der Waals surface area contributed by atoms with E-state index in [1.165, 1.54) is 6.08 Å². The van der Waals surface area contributed by atoms with E-state index in [-0.39, 0.29) is 36.2 Å². The van der Waals surface area contributed by atoms with Gasteiger partial charge in [0.15, 0.2) is 0 Å². The van der Waals surface area contributed by atoms with Crippen LogP contribution in [0.25, 0.3) is 0 Å². The summed E-state index contributed by atoms with van der Waals surface area (Å²) in [5.41, 5.74) is 0. The van der Waals surface area contributed by atoms with E-state index < -0.39 is 21.8 Å². The fraction of sp³-hybridized carbons (Fsp3) is 0.667. The standard InChI is InChI=1S/C6H12O4S.Na/c1-2-3-6(4-7)5-11(8,9)10;/h2,6-7H,1,3-5H2,(H,8,9,10);/q;+1/p-1. The fourth-order valence-electron chi connectivity index (χ4n) is 0.720. The Morgan fingerprint density at radius 2 is 2.08 bits per heavy atom. The van der Waals surface area contributed by atoms with Crippen LogP contribution in [0.4, 0.5) is 0 Å². The predicted molar refractivity (Wildman–Crippen MR) is 40.0 cm³/mol. The van der Waals surface area contributed by atoms with E-state index in [0.29, 0.717) is 6.42 Å². The number of aliphatic hydroxyl groups is 1. The summed E-state index contributed by atoms with van der Waals surface area (Å²) in [6.07, 6.45) is 1.82. The monoisotopic (exact) mass is 202 g/mol. The SMILES string of the molecule is C=CCC(CO)CS(=O)(=O)[O-].[Na+]. The van der Waals surface area contributed by atoms with E-state index in [0.717, 1.165) is 0 Å². The van der Waals surface area contributed by atoms with Gasteiger partial charge >= 0.3 is 29.6 Å². The maximum Gasteiger partial charge on any atom is 1.00 e. The molecule has 0 saturated carbocycles. The molecule has 0 aliphatic rings. The summed E-state index contributed by atoms with van der Waals surface area (Å²) in [5.74, 6) is -1.02. The van der Waals surface area contributed by atoms with Crippen LogP contribution in [-0.2, 0) is 10.1 Å². The molecule has 0 aromatic carbocycles. The molecule has 0 bridgehead atoms. The molecule has 0 aromatic rings. The van der Waals surface area contributed by atoms with Crippen molar-refractivity contribution in [1.29, 1.82) is 0 Å². The summed E-state index contributed by atoms with van der Waals surface area (Å²) in [4.78, 5) is 0. The molecule has 0 fully saturated rings. The Bertz CT molecular complexity index is 212. The smallest absolute Gasteiger partial charge is 0.748 e. The van der Waals surface area contributed by atoms with Gasteiger partial charge in [0.25, 0.3) is 0 Å². The van der Waals surface area contributed by atoms with Crippen LogP contribution in [-0.4, -0.2) is 30.4 Å². The van der Waals surface area contributed by atoms with E-state index in [1.807, 2.05) is 0 Å². The van der Waals surface area contributed by atoms with Gasteiger partial charge < -0.3 is 9.66 Å². The summed E-state index contributed by atoms with van der Waals surface area (Å²) >= 11 is 0. The zero-order valence-corrected chi connectivity index (χ0v) is 9.88. The van der Waals surface area contributed by atoms with Gasteiger partial charge in [0.2, 0.25) is 0 Å². The van der Waals surface area contributed by atoms with Gasteiger partial charge in [-0.2, -0.15) is 0 Å². The van der Waals surface area contributed by atoms with Gasteiger partial charge in [-0.15, -0.1) is 6.58 Å². The average molecular weight is 202 g/mol. The van der Waals surface area contributed by atoms with Gasteiger partial charge in [-0.25, -0.2) is 8.42 Å². The normalized spacial score (nSPS) is 13.2. The molecule has 0 spiro atoms. The Hall–Kier alpha value is 0.610. The molecular weight excluding hydrogens is 191 g/mol. The van der Waals surface area contributed by atoms with Crippen LogP contribution >= 0.6 is 0 Å². The Labute approximate surface area is 94.7 Å². The van der Waals surface area contributed by atoms with Crippen molar-refractivity contribution in [3.05, 3.63) is 12.7 Å². The van der Waals surface area contributed by atoms with Crippen LogP contribution in [0.5, 0.6) is 0 Å². The molecule has 0 aliphatic heterocycles. The van der Waals surface area contributed by atoms with Crippen molar-refractivity contribution in [2.45, 2.75) is 6.42 Å². The first-order chi connectivity index (χ1) is 4.99. The Balaban J connectivity index is 0. The third-order valence-electron chi connectivity index (χ3n) is 1.20. The summed E-state index contributed by atoms with van der Waals surface area (Å²) in [6, 6.07) is 0. The van der Waals surface area contributed by atoms with Crippen LogP contribution in [0, 0.1) is 5.92 Å². The molecule has 0 amide bonds. The molecular formula is C6H11NaO4S. The minimum Gasteiger partial charge on any atom is -0.748 e. The molecule has 12 heavy (non-hydrogen) atoms. The molecule has 1 N–H and O–H groups in total. The zero-order chi connectivity index (χ0) is 8.91. The van der Waals surface area contributed by atoms with E-state index >= 15 is 0 Å². The molecule has 4 nitrogen and oxygen atoms in total. The van der Waals surface area contributed by atoms with Crippen LogP contribution in [0.3, 0.4) is 0 Å². The molecule has 1 atom stereocenters. The summed E-state index contributed by atoms with van der Waals surface area (Å²) in [7, 11) is -4.22. The van der Waals surface area contributed by atoms with Crippen molar-refractivity contribution in [1.82, 2.24) is 0 Å². The topological polar surface area (TPSA) is 77.4 Å². The van der Waals surface area contributed by atoms with E-state index in [4.69, 9.17) is 5.11 Å². The van der Waals surface area contributed by atoms with Crippen molar-refractivity contribution in [3.8, 4) is 0 Å². The minimum atomic E-state index is -4.22. The van der Waals surface area contributed by atoms with Crippen molar-refractivity contribution in [2.24, 2.45) is 5.92 Å². The summed E-state index contributed by atoms with van der Waals surface area (Å²) in [5, 5.41) is 8.57. The Kier molecular flexibility index (Phi) is 8.88. The molecule has 0 radical (unpaired) electrons. The van der Waals surface area contributed by atoms with Crippen molar-refractivity contribution in [2.75, 3.05) is 12.4 Å². The summed E-state index contributed by atoms with van der Waals surface area (Å²) < 4.78 is 30.5. The van der Waals surface area contributed by atoms with Crippen LogP contribution < -0.4 is 29.6 Å². The van der Waals surface area contributed by atoms with Crippen LogP contribution in [0.1, 0.15) is 6.42 Å². The van der Waals surface area contributed by atoms with Gasteiger partial charge in [0, 0.05) is 12.4 Å². The zero-order valence-electron chi connectivity index (χ0n) is 7.06. The first-order valence-electron chi connectivity index (χ1n) is 3.15. The predicted octanol–water partition coefficient (Wildman–Crippen LogP) is -3.28. The molecule has 0 rings (SSSR count). The first kappa shape index (κ1) is 15.1. The minimum absolute atomic E-state index is 0. The fourth-order valence-corrected chi connectivity index (χ4v) is 1.54. The number of allylic oxidation sites excluding steroid dienone is 1. The molecule has 0 aromatic heterocycles. The molecule has 66 valence electrons. The van der Waals surface area contributed by atoms with Crippen molar-refractivity contribution >= 4 is 10.1 Å². The largest absolute Gasteiger partial charge is 1.00 e. The number of aliphatic hydroxyl groups excluding tert-OH is 1. The van der Waals surface area contributed by atoms with Gasteiger partial charge in [-0.1, -0.05) is 6.08 Å². The summed E-state index contributed by atoms with van der Waals surface area (Å²) in [6.45, 7) is 3.07. The van der Waals surface area contributed by atoms with Crippen LogP contribution in [0.15, 0.2) is 12.7 Å². The van der Waals surface area contributed by atoms with Crippen molar-refractivity contribution in [3.63, 3.8) is 0 Å². The Morgan fingerprint density at radius 3 is 2.33 bits per heavy atom. The molecule has 1 unspecified atom stereocenters. The second kappa shape index (κ2) is 7.06. The third kappa shape index (κ3) is 8.70. The number of hydrogen-bond donors (Lipinski definition) is 1. The number of hydrogen-bond acceptors (Lipinski definition) is 4. The third-order valence-corrected chi connectivity index (χ3v) is 2.08. The van der Waals surface area contributed by atoms with Gasteiger partial charge in [-0.3, -0.25) is 0 Å². The quantitative estimate of drug-likeness (QED) is 0.288.